The van der Waals surface area contributed by atoms with Crippen molar-refractivity contribution in [2.45, 2.75) is 26.8 Å². The number of ether oxygens (including phenoxy) is 1. The minimum atomic E-state index is -0.290. The Kier molecular flexibility index (Phi) is 6.03. The lowest BCUT2D eigenvalue weighted by atomic mass is 10.1. The molecule has 3 aromatic rings. The number of hydrogen-bond donors (Lipinski definition) is 1. The molecular formula is C22H29N7O2. The van der Waals surface area contributed by atoms with E-state index in [4.69, 9.17) is 4.74 Å². The van der Waals surface area contributed by atoms with Crippen LogP contribution in [0.5, 0.6) is 5.75 Å². The Labute approximate surface area is 182 Å². The highest BCUT2D eigenvalue weighted by molar-refractivity contribution is 6.08. The third kappa shape index (κ3) is 4.46. The monoisotopic (exact) mass is 423 g/mol. The van der Waals surface area contributed by atoms with E-state index in [9.17, 15) is 4.79 Å². The van der Waals surface area contributed by atoms with Crippen molar-refractivity contribution in [2.75, 3.05) is 43.0 Å². The number of nitrogens with one attached hydrogen (secondary N) is 1. The molecule has 0 aliphatic carbocycles. The third-order valence-corrected chi connectivity index (χ3v) is 5.65. The lowest BCUT2D eigenvalue weighted by Gasteiger charge is -2.39. The first kappa shape index (κ1) is 21.0. The molecule has 1 amide bonds. The van der Waals surface area contributed by atoms with Crippen molar-refractivity contribution in [3.05, 3.63) is 36.0 Å². The van der Waals surface area contributed by atoms with Crippen LogP contribution < -0.4 is 15.0 Å². The Bertz CT molecular complexity index is 1060. The van der Waals surface area contributed by atoms with Gasteiger partial charge in [0.05, 0.1) is 17.7 Å². The van der Waals surface area contributed by atoms with Gasteiger partial charge < -0.3 is 15.0 Å². The number of amides is 1. The maximum absolute atomic E-state index is 13.0. The lowest BCUT2D eigenvalue weighted by molar-refractivity contribution is 0.102. The molecule has 0 saturated carbocycles. The Balaban J connectivity index is 1.49. The summed E-state index contributed by atoms with van der Waals surface area (Å²) >= 11 is 0. The number of benzene rings is 1. The fraction of sp³-hybridized carbons (Fsp3) is 0.455. The molecule has 2 aromatic heterocycles. The Morgan fingerprint density at radius 2 is 2.06 bits per heavy atom. The summed E-state index contributed by atoms with van der Waals surface area (Å²) in [6.07, 6.45) is 1.87. The fourth-order valence-electron chi connectivity index (χ4n) is 4.05. The van der Waals surface area contributed by atoms with E-state index < -0.39 is 0 Å². The smallest absolute Gasteiger partial charge is 0.260 e. The van der Waals surface area contributed by atoms with Crippen LogP contribution >= 0.6 is 0 Å². The predicted molar refractivity (Wildman–Crippen MR) is 121 cm³/mol. The average Bonchev–Trinajstić information content (AvgIpc) is 3.12. The van der Waals surface area contributed by atoms with E-state index in [1.54, 1.807) is 22.9 Å². The number of hydrogen-bond acceptors (Lipinski definition) is 7. The second-order valence-corrected chi connectivity index (χ2v) is 7.80. The van der Waals surface area contributed by atoms with Gasteiger partial charge in [0.2, 0.25) is 0 Å². The summed E-state index contributed by atoms with van der Waals surface area (Å²) in [5.41, 5.74) is 1.22. The summed E-state index contributed by atoms with van der Waals surface area (Å²) in [7, 11) is 1.85. The molecule has 0 spiro atoms. The van der Waals surface area contributed by atoms with Crippen molar-refractivity contribution in [3.8, 4) is 5.75 Å². The topological polar surface area (TPSA) is 88.4 Å². The van der Waals surface area contributed by atoms with E-state index in [2.05, 4.69) is 44.3 Å². The van der Waals surface area contributed by atoms with Crippen LogP contribution in [0.15, 0.2) is 30.5 Å². The van der Waals surface area contributed by atoms with Crippen LogP contribution in [0.3, 0.4) is 0 Å². The molecule has 0 bridgehead atoms. The van der Waals surface area contributed by atoms with Gasteiger partial charge in [-0.1, -0.05) is 6.92 Å². The van der Waals surface area contributed by atoms with Crippen molar-refractivity contribution in [1.29, 1.82) is 0 Å². The maximum atomic E-state index is 13.0. The van der Waals surface area contributed by atoms with Gasteiger partial charge in [-0.15, -0.1) is 10.2 Å². The number of carbonyl (C=O) groups excluding carboxylic acids is 1. The van der Waals surface area contributed by atoms with Crippen LogP contribution in [-0.2, 0) is 7.05 Å². The molecule has 0 unspecified atom stereocenters. The summed E-state index contributed by atoms with van der Waals surface area (Å²) in [5.74, 6) is 1.44. The van der Waals surface area contributed by atoms with E-state index >= 15 is 0 Å². The molecule has 1 atom stereocenters. The summed E-state index contributed by atoms with van der Waals surface area (Å²) in [5, 5.41) is 16.7. The van der Waals surface area contributed by atoms with Gasteiger partial charge in [0.25, 0.3) is 5.91 Å². The van der Waals surface area contributed by atoms with Crippen LogP contribution in [-0.4, -0.2) is 69.6 Å². The Morgan fingerprint density at radius 1 is 1.23 bits per heavy atom. The molecule has 1 fully saturated rings. The molecule has 1 aliphatic heterocycles. The zero-order valence-electron chi connectivity index (χ0n) is 18.5. The quantitative estimate of drug-likeness (QED) is 0.652. The summed E-state index contributed by atoms with van der Waals surface area (Å²) < 4.78 is 7.40. The van der Waals surface area contributed by atoms with Crippen molar-refractivity contribution >= 4 is 28.4 Å². The number of nitrogens with zero attached hydrogens (tertiary/aromatic N) is 6. The van der Waals surface area contributed by atoms with E-state index in [1.165, 1.54) is 0 Å². The number of fused-ring (bicyclic) bond motifs is 1. The van der Waals surface area contributed by atoms with Crippen molar-refractivity contribution in [1.82, 2.24) is 24.9 Å². The summed E-state index contributed by atoms with van der Waals surface area (Å²) in [6.45, 7) is 10.7. The van der Waals surface area contributed by atoms with Crippen LogP contribution in [0.2, 0.25) is 0 Å². The number of likely N-dealkylation sites (N-methyl/N-ethyl adjacent to an activating group) is 1. The van der Waals surface area contributed by atoms with E-state index in [1.807, 2.05) is 26.2 Å². The van der Waals surface area contributed by atoms with Gasteiger partial charge >= 0.3 is 0 Å². The number of piperazine rings is 1. The van der Waals surface area contributed by atoms with Crippen LogP contribution in [0.1, 0.15) is 31.1 Å². The molecule has 1 aliphatic rings. The number of rotatable bonds is 6. The molecule has 3 heterocycles. The highest BCUT2D eigenvalue weighted by atomic mass is 16.5. The molecule has 9 nitrogen and oxygen atoms in total. The number of carbonyl (C=O) groups is 1. The third-order valence-electron chi connectivity index (χ3n) is 5.65. The molecule has 1 aromatic carbocycles. The second kappa shape index (κ2) is 8.89. The molecule has 9 heteroatoms. The van der Waals surface area contributed by atoms with E-state index in [-0.39, 0.29) is 5.91 Å². The lowest BCUT2D eigenvalue weighted by Crippen LogP contribution is -2.52. The van der Waals surface area contributed by atoms with Crippen molar-refractivity contribution in [2.24, 2.45) is 7.05 Å². The van der Waals surface area contributed by atoms with Crippen molar-refractivity contribution in [3.63, 3.8) is 0 Å². The zero-order chi connectivity index (χ0) is 22.0. The first-order valence-corrected chi connectivity index (χ1v) is 10.7. The molecule has 1 saturated heterocycles. The van der Waals surface area contributed by atoms with Gasteiger partial charge in [-0.05, 0) is 38.6 Å². The SMILES string of the molecule is CCOc1cc2nn(C)cc2cc1C(=O)Nc1ccc(N2CCN(CC)[C@@H](C)C2)nn1. The molecular weight excluding hydrogens is 394 g/mol. The fourth-order valence-corrected chi connectivity index (χ4v) is 4.05. The average molecular weight is 424 g/mol. The zero-order valence-corrected chi connectivity index (χ0v) is 18.5. The van der Waals surface area contributed by atoms with Gasteiger partial charge in [-0.25, -0.2) is 0 Å². The van der Waals surface area contributed by atoms with Gasteiger partial charge in [0.1, 0.15) is 5.75 Å². The van der Waals surface area contributed by atoms with Crippen LogP contribution in [0.25, 0.3) is 10.9 Å². The number of aromatic nitrogens is 4. The highest BCUT2D eigenvalue weighted by Crippen LogP contribution is 2.26. The number of anilines is 2. The first-order valence-electron chi connectivity index (χ1n) is 10.7. The highest BCUT2D eigenvalue weighted by Gasteiger charge is 2.23. The summed E-state index contributed by atoms with van der Waals surface area (Å²) in [6, 6.07) is 7.75. The first-order chi connectivity index (χ1) is 15.0. The van der Waals surface area contributed by atoms with Gasteiger partial charge in [0.15, 0.2) is 11.6 Å². The molecule has 31 heavy (non-hydrogen) atoms. The maximum Gasteiger partial charge on any atom is 0.260 e. The number of aryl methyl sites for hydroxylation is 1. The van der Waals surface area contributed by atoms with Crippen LogP contribution in [0, 0.1) is 0 Å². The normalized spacial score (nSPS) is 17.2. The minimum Gasteiger partial charge on any atom is -0.493 e. The Morgan fingerprint density at radius 3 is 2.74 bits per heavy atom. The molecule has 164 valence electrons. The van der Waals surface area contributed by atoms with E-state index in [0.717, 1.165) is 42.9 Å². The molecule has 0 radical (unpaired) electrons. The van der Waals surface area contributed by atoms with E-state index in [0.29, 0.717) is 29.8 Å². The van der Waals surface area contributed by atoms with Gasteiger partial charge in [0, 0.05) is 50.4 Å². The Hall–Kier alpha value is -3.20. The van der Waals surface area contributed by atoms with Crippen LogP contribution in [0.4, 0.5) is 11.6 Å². The van der Waals surface area contributed by atoms with Gasteiger partial charge in [-0.2, -0.15) is 5.10 Å². The standard InChI is InChI=1S/C22H29N7O2/c1-5-28-9-10-29(13-15(28)3)21-8-7-20(24-25-21)23-22(30)17-11-16-14-27(4)26-18(16)12-19(17)31-6-2/h7-8,11-12,14-15H,5-6,9-10,13H2,1-4H3,(H,23,24,30)/t15-/m0/s1. The molecule has 4 rings (SSSR count). The second-order valence-electron chi connectivity index (χ2n) is 7.80. The minimum absolute atomic E-state index is 0.290. The van der Waals surface area contributed by atoms with Gasteiger partial charge in [-0.3, -0.25) is 14.4 Å². The van der Waals surface area contributed by atoms with Crippen molar-refractivity contribution < 1.29 is 9.53 Å². The molecule has 1 N–H and O–H groups in total. The largest absolute Gasteiger partial charge is 0.493 e. The predicted octanol–water partition coefficient (Wildman–Crippen LogP) is 2.54. The summed E-state index contributed by atoms with van der Waals surface area (Å²) in [4.78, 5) is 17.6.